The predicted molar refractivity (Wildman–Crippen MR) is 55.2 cm³/mol. The van der Waals surface area contributed by atoms with Crippen LogP contribution in [0.1, 0.15) is 10.4 Å². The number of nitrogens with one attached hydrogen (secondary N) is 1. The molecule has 2 aromatic rings. The summed E-state index contributed by atoms with van der Waals surface area (Å²) in [4.78, 5) is 14.0. The number of methoxy groups -OCH3 is 1. The van der Waals surface area contributed by atoms with Crippen LogP contribution in [-0.4, -0.2) is 24.3 Å². The monoisotopic (exact) mass is 225 g/mol. The lowest BCUT2D eigenvalue weighted by Crippen LogP contribution is -2.09. The van der Waals surface area contributed by atoms with Gasteiger partial charge in [-0.15, -0.1) is 0 Å². The van der Waals surface area contributed by atoms with Gasteiger partial charge in [-0.05, 0) is 12.1 Å². The average Bonchev–Trinajstić information content (AvgIpc) is 2.71. The van der Waals surface area contributed by atoms with Crippen molar-refractivity contribution < 1.29 is 18.3 Å². The number of Topliss-reactive ketones (excluding diaryl/α,β-unsaturated/α-hetero) is 1. The normalized spacial score (nSPS) is 11.0. The molecule has 1 N–H and O–H groups in total. The smallest absolute Gasteiger partial charge is 0.300 e. The second-order valence-electron chi connectivity index (χ2n) is 3.25. The van der Waals surface area contributed by atoms with Gasteiger partial charge in [0, 0.05) is 11.7 Å². The van der Waals surface area contributed by atoms with Crippen LogP contribution >= 0.6 is 0 Å². The molecule has 0 fully saturated rings. The van der Waals surface area contributed by atoms with Gasteiger partial charge < -0.3 is 9.72 Å². The molecule has 84 valence electrons. The number of halogens is 2. The largest absolute Gasteiger partial charge is 0.496 e. The van der Waals surface area contributed by atoms with E-state index in [4.69, 9.17) is 4.74 Å². The summed E-state index contributed by atoms with van der Waals surface area (Å²) in [5.41, 5.74) is 0.561. The van der Waals surface area contributed by atoms with E-state index in [1.165, 1.54) is 13.3 Å². The van der Waals surface area contributed by atoms with Gasteiger partial charge in [-0.2, -0.15) is 0 Å². The number of aromatic amines is 1. The van der Waals surface area contributed by atoms with Crippen LogP contribution in [0.5, 0.6) is 5.75 Å². The first-order valence-corrected chi connectivity index (χ1v) is 4.61. The molecule has 5 heteroatoms. The van der Waals surface area contributed by atoms with Crippen molar-refractivity contribution in [2.24, 2.45) is 0 Å². The van der Waals surface area contributed by atoms with Gasteiger partial charge in [-0.3, -0.25) is 4.79 Å². The van der Waals surface area contributed by atoms with Crippen LogP contribution in [0.2, 0.25) is 0 Å². The van der Waals surface area contributed by atoms with Crippen LogP contribution in [0.4, 0.5) is 8.78 Å². The molecule has 0 aliphatic carbocycles. The Labute approximate surface area is 90.0 Å². The van der Waals surface area contributed by atoms with Gasteiger partial charge in [-0.1, -0.05) is 6.07 Å². The van der Waals surface area contributed by atoms with E-state index in [0.29, 0.717) is 16.7 Å². The lowest BCUT2D eigenvalue weighted by Gasteiger charge is -2.03. The zero-order valence-electron chi connectivity index (χ0n) is 8.46. The minimum atomic E-state index is -3.01. The minimum absolute atomic E-state index is 0.0394. The number of hydrogen-bond donors (Lipinski definition) is 1. The number of benzene rings is 1. The molecule has 0 unspecified atom stereocenters. The number of ether oxygens (including phenoxy) is 1. The summed E-state index contributed by atoms with van der Waals surface area (Å²) in [5.74, 6) is -0.793. The van der Waals surface area contributed by atoms with E-state index in [1.807, 2.05) is 0 Å². The second-order valence-corrected chi connectivity index (χ2v) is 3.25. The lowest BCUT2D eigenvalue weighted by molar-refractivity contribution is 0.0680. The number of hydrogen-bond acceptors (Lipinski definition) is 2. The number of rotatable bonds is 3. The first-order valence-electron chi connectivity index (χ1n) is 4.61. The van der Waals surface area contributed by atoms with Crippen molar-refractivity contribution in [2.75, 3.05) is 7.11 Å². The molecule has 16 heavy (non-hydrogen) atoms. The van der Waals surface area contributed by atoms with Crippen molar-refractivity contribution in [2.45, 2.75) is 6.43 Å². The minimum Gasteiger partial charge on any atom is -0.496 e. The highest BCUT2D eigenvalue weighted by Crippen LogP contribution is 2.29. The van der Waals surface area contributed by atoms with E-state index in [2.05, 4.69) is 4.98 Å². The van der Waals surface area contributed by atoms with Crippen molar-refractivity contribution in [3.8, 4) is 5.75 Å². The molecule has 0 bridgehead atoms. The van der Waals surface area contributed by atoms with Crippen LogP contribution in [0.3, 0.4) is 0 Å². The number of ketones is 1. The Morgan fingerprint density at radius 2 is 2.19 bits per heavy atom. The van der Waals surface area contributed by atoms with Crippen LogP contribution in [0, 0.1) is 0 Å². The van der Waals surface area contributed by atoms with E-state index >= 15 is 0 Å². The van der Waals surface area contributed by atoms with Gasteiger partial charge in [0.25, 0.3) is 0 Å². The van der Waals surface area contributed by atoms with Gasteiger partial charge in [0.1, 0.15) is 5.75 Å². The number of alkyl halides is 2. The summed E-state index contributed by atoms with van der Waals surface area (Å²) in [7, 11) is 1.43. The molecule has 1 heterocycles. The van der Waals surface area contributed by atoms with Gasteiger partial charge in [0.2, 0.25) is 5.78 Å². The maximum Gasteiger partial charge on any atom is 0.300 e. The van der Waals surface area contributed by atoms with Crippen molar-refractivity contribution in [3.63, 3.8) is 0 Å². The summed E-state index contributed by atoms with van der Waals surface area (Å²) >= 11 is 0. The predicted octanol–water partition coefficient (Wildman–Crippen LogP) is 2.62. The van der Waals surface area contributed by atoms with Gasteiger partial charge in [0.05, 0.1) is 18.1 Å². The van der Waals surface area contributed by atoms with Crippen LogP contribution in [-0.2, 0) is 0 Å². The molecule has 0 aliphatic heterocycles. The van der Waals surface area contributed by atoms with Crippen molar-refractivity contribution in [1.29, 1.82) is 0 Å². The fourth-order valence-electron chi connectivity index (χ4n) is 1.63. The topological polar surface area (TPSA) is 42.1 Å². The first-order chi connectivity index (χ1) is 7.65. The van der Waals surface area contributed by atoms with Crippen LogP contribution < -0.4 is 4.74 Å². The molecule has 3 nitrogen and oxygen atoms in total. The third-order valence-electron chi connectivity index (χ3n) is 2.35. The average molecular weight is 225 g/mol. The Hall–Kier alpha value is -1.91. The Morgan fingerprint density at radius 3 is 2.81 bits per heavy atom. The Bertz CT molecular complexity index is 534. The third kappa shape index (κ3) is 1.54. The molecule has 0 saturated heterocycles. The molecule has 0 saturated carbocycles. The van der Waals surface area contributed by atoms with Crippen molar-refractivity contribution in [3.05, 3.63) is 30.0 Å². The first kappa shape index (κ1) is 10.6. The number of fused-ring (bicyclic) bond motifs is 1. The highest BCUT2D eigenvalue weighted by Gasteiger charge is 2.22. The molecule has 1 aromatic carbocycles. The SMILES string of the molecule is COc1cccc2[nH]cc(C(=O)C(F)F)c12. The Kier molecular flexibility index (Phi) is 2.60. The molecule has 0 aliphatic rings. The summed E-state index contributed by atoms with van der Waals surface area (Å²) in [6.45, 7) is 0. The second kappa shape index (κ2) is 3.92. The maximum atomic E-state index is 12.4. The fourth-order valence-corrected chi connectivity index (χ4v) is 1.63. The highest BCUT2D eigenvalue weighted by molar-refractivity contribution is 6.11. The van der Waals surface area contributed by atoms with E-state index in [1.54, 1.807) is 18.2 Å². The summed E-state index contributed by atoms with van der Waals surface area (Å²) in [5, 5.41) is 0.398. The fraction of sp³-hybridized carbons (Fsp3) is 0.182. The molecule has 0 radical (unpaired) electrons. The Morgan fingerprint density at radius 1 is 1.44 bits per heavy atom. The molecule has 0 amide bonds. The molecule has 0 atom stereocenters. The summed E-state index contributed by atoms with van der Waals surface area (Å²) < 4.78 is 29.7. The zero-order chi connectivity index (χ0) is 11.7. The highest BCUT2D eigenvalue weighted by atomic mass is 19.3. The lowest BCUT2D eigenvalue weighted by atomic mass is 10.1. The van der Waals surface area contributed by atoms with Gasteiger partial charge in [0.15, 0.2) is 0 Å². The summed E-state index contributed by atoms with van der Waals surface area (Å²) in [6.07, 6.45) is -1.73. The van der Waals surface area contributed by atoms with E-state index in [9.17, 15) is 13.6 Å². The van der Waals surface area contributed by atoms with Crippen LogP contribution in [0.25, 0.3) is 10.9 Å². The number of H-pyrrole nitrogens is 1. The van der Waals surface area contributed by atoms with Crippen molar-refractivity contribution in [1.82, 2.24) is 4.98 Å². The number of carbonyl (C=O) groups excluding carboxylic acids is 1. The summed E-state index contributed by atoms with van der Waals surface area (Å²) in [6, 6.07) is 5.03. The standard InChI is InChI=1S/C11H9F2NO2/c1-16-8-4-2-3-7-9(8)6(5-14-7)10(15)11(12)13/h2-5,11,14H,1H3. The third-order valence-corrected chi connectivity index (χ3v) is 2.35. The molecular formula is C11H9F2NO2. The molecule has 0 spiro atoms. The Balaban J connectivity index is 2.67. The van der Waals surface area contributed by atoms with Gasteiger partial charge in [-0.25, -0.2) is 8.78 Å². The molecular weight excluding hydrogens is 216 g/mol. The maximum absolute atomic E-state index is 12.4. The van der Waals surface area contributed by atoms with Gasteiger partial charge >= 0.3 is 6.43 Å². The van der Waals surface area contributed by atoms with E-state index in [0.717, 1.165) is 0 Å². The molecule has 2 rings (SSSR count). The molecule has 1 aromatic heterocycles. The zero-order valence-corrected chi connectivity index (χ0v) is 8.46. The number of carbonyl (C=O) groups is 1. The quantitative estimate of drug-likeness (QED) is 0.816. The van der Waals surface area contributed by atoms with E-state index in [-0.39, 0.29) is 5.56 Å². The van der Waals surface area contributed by atoms with E-state index < -0.39 is 12.2 Å². The van der Waals surface area contributed by atoms with Crippen molar-refractivity contribution >= 4 is 16.7 Å². The van der Waals surface area contributed by atoms with Crippen LogP contribution in [0.15, 0.2) is 24.4 Å². The number of aromatic nitrogens is 1.